The van der Waals surface area contributed by atoms with Gasteiger partial charge in [0.1, 0.15) is 11.2 Å². The Bertz CT molecular complexity index is 2230. The van der Waals surface area contributed by atoms with Gasteiger partial charge in [0, 0.05) is 41.8 Å². The fourth-order valence-corrected chi connectivity index (χ4v) is 8.88. The maximum Gasteiger partial charge on any atom is 0 e. The normalized spacial score (nSPS) is 11.5. The van der Waals surface area contributed by atoms with E-state index >= 15 is 0 Å². The van der Waals surface area contributed by atoms with Crippen molar-refractivity contribution in [3.63, 3.8) is 0 Å². The van der Waals surface area contributed by atoms with E-state index in [-0.39, 0.29) is 20.1 Å². The van der Waals surface area contributed by atoms with Crippen LogP contribution in [0, 0.1) is 19.1 Å². The molecule has 0 spiro atoms. The molecule has 219 valence electrons. The number of fused-ring (bicyclic) bond motifs is 6. The third-order valence-electron chi connectivity index (χ3n) is 7.78. The van der Waals surface area contributed by atoms with Crippen LogP contribution in [0.5, 0.6) is 0 Å². The van der Waals surface area contributed by atoms with Crippen molar-refractivity contribution in [2.24, 2.45) is 0 Å². The summed E-state index contributed by atoms with van der Waals surface area (Å²) in [4.78, 5) is 9.30. The molecular formula is C38H30GeIrN2OS-2. The molecule has 6 heteroatoms. The van der Waals surface area contributed by atoms with Crippen molar-refractivity contribution in [1.82, 2.24) is 9.97 Å². The molecule has 0 amide bonds. The van der Waals surface area contributed by atoms with Gasteiger partial charge in [-0.2, -0.15) is 11.3 Å². The third-order valence-corrected chi connectivity index (χ3v) is 13.2. The summed E-state index contributed by atoms with van der Waals surface area (Å²) in [7, 11) is 0. The van der Waals surface area contributed by atoms with Crippen LogP contribution in [0.3, 0.4) is 0 Å². The van der Waals surface area contributed by atoms with Crippen molar-refractivity contribution in [2.75, 3.05) is 0 Å². The number of aromatic nitrogens is 2. The molecule has 1 radical (unpaired) electrons. The number of benzene rings is 4. The second kappa shape index (κ2) is 12.4. The van der Waals surface area contributed by atoms with Gasteiger partial charge in [-0.1, -0.05) is 48.7 Å². The molecule has 8 rings (SSSR count). The zero-order valence-corrected chi connectivity index (χ0v) is 30.2. The molecule has 0 fully saturated rings. The Kier molecular flexibility index (Phi) is 8.58. The van der Waals surface area contributed by atoms with Crippen LogP contribution in [-0.4, -0.2) is 23.2 Å². The van der Waals surface area contributed by atoms with E-state index in [1.54, 1.807) is 11.3 Å². The molecule has 0 bridgehead atoms. The van der Waals surface area contributed by atoms with Crippen LogP contribution in [0.1, 0.15) is 5.56 Å². The Morgan fingerprint density at radius 2 is 1.48 bits per heavy atom. The Balaban J connectivity index is 0.000000174. The molecule has 0 N–H and O–H groups in total. The minimum Gasteiger partial charge on any atom is 0 e. The van der Waals surface area contributed by atoms with Crippen LogP contribution in [0.15, 0.2) is 114 Å². The summed E-state index contributed by atoms with van der Waals surface area (Å²) in [5.74, 6) is 7.14. The smallest absolute Gasteiger partial charge is 0 e. The number of para-hydroxylation sites is 1. The maximum atomic E-state index is 6.06. The van der Waals surface area contributed by atoms with E-state index < -0.39 is 13.3 Å². The quantitative estimate of drug-likeness (QED) is 0.132. The van der Waals surface area contributed by atoms with Crippen molar-refractivity contribution in [1.29, 1.82) is 0 Å². The molecule has 3 nitrogen and oxygen atoms in total. The zero-order chi connectivity index (χ0) is 29.6. The van der Waals surface area contributed by atoms with Gasteiger partial charge >= 0.3 is 99.8 Å². The number of nitrogens with zero attached hydrogens (tertiary/aromatic N) is 2. The molecule has 0 atom stereocenters. The van der Waals surface area contributed by atoms with E-state index in [9.17, 15) is 0 Å². The first-order valence-corrected chi connectivity index (χ1v) is 22.6. The minimum atomic E-state index is -1.72. The summed E-state index contributed by atoms with van der Waals surface area (Å²) < 4.78 is 10.0. The van der Waals surface area contributed by atoms with Crippen molar-refractivity contribution in [3.8, 4) is 22.5 Å². The molecule has 4 heterocycles. The van der Waals surface area contributed by atoms with Crippen molar-refractivity contribution in [2.45, 2.75) is 24.2 Å². The predicted molar refractivity (Wildman–Crippen MR) is 185 cm³/mol. The van der Waals surface area contributed by atoms with Gasteiger partial charge in [0.05, 0.1) is 0 Å². The standard InChI is InChI=1S/C24H14NOS.C14H16GeN.Ir/c1-14-10-11-16(24-23(14)17-7-3-5-9-22(17)27-24)19-12-21-18(13-25-19)15-6-2-4-8-20(15)26-21;1-15(2,3)13-9-10-14(16-11-13)12-7-5-4-6-8-12;/h2-10,12-13H,1H3;4-7,9-11H,1-3H3;/q2*-1;. The van der Waals surface area contributed by atoms with Crippen LogP contribution >= 0.6 is 11.3 Å². The van der Waals surface area contributed by atoms with Gasteiger partial charge in [-0.3, -0.25) is 0 Å². The van der Waals surface area contributed by atoms with Gasteiger partial charge < -0.3 is 9.40 Å². The summed E-state index contributed by atoms with van der Waals surface area (Å²) in [5.41, 5.74) is 7.02. The molecule has 44 heavy (non-hydrogen) atoms. The molecule has 0 saturated heterocycles. The summed E-state index contributed by atoms with van der Waals surface area (Å²) in [5, 5.41) is 4.76. The van der Waals surface area contributed by atoms with Gasteiger partial charge in [0.25, 0.3) is 0 Å². The number of aryl methyl sites for hydroxylation is 1. The molecule has 0 aliphatic rings. The van der Waals surface area contributed by atoms with E-state index in [2.05, 4.69) is 89.8 Å². The summed E-state index contributed by atoms with van der Waals surface area (Å²) in [6.45, 7) is 2.15. The van der Waals surface area contributed by atoms with Crippen LogP contribution in [0.25, 0.3) is 64.6 Å². The molecule has 0 saturated carbocycles. The van der Waals surface area contributed by atoms with Crippen molar-refractivity contribution < 1.29 is 24.5 Å². The van der Waals surface area contributed by atoms with Crippen LogP contribution in [0.4, 0.5) is 0 Å². The Morgan fingerprint density at radius 1 is 0.727 bits per heavy atom. The molecular weight excluding hydrogens is 797 g/mol. The second-order valence-electron chi connectivity index (χ2n) is 11.8. The molecule has 4 aromatic heterocycles. The number of hydrogen-bond acceptors (Lipinski definition) is 4. The maximum absolute atomic E-state index is 6.06. The van der Waals surface area contributed by atoms with Gasteiger partial charge in [0.2, 0.25) is 0 Å². The van der Waals surface area contributed by atoms with Crippen LogP contribution in [-0.2, 0) is 20.1 Å². The fourth-order valence-electron chi connectivity index (χ4n) is 5.43. The second-order valence-corrected chi connectivity index (χ2v) is 23.5. The first-order chi connectivity index (χ1) is 20.9. The number of hydrogen-bond donors (Lipinski definition) is 0. The van der Waals surface area contributed by atoms with Gasteiger partial charge in [-0.15, -0.1) is 23.3 Å². The van der Waals surface area contributed by atoms with Crippen LogP contribution in [0.2, 0.25) is 17.3 Å². The van der Waals surface area contributed by atoms with E-state index in [4.69, 9.17) is 9.40 Å². The topological polar surface area (TPSA) is 38.9 Å². The van der Waals surface area contributed by atoms with Crippen molar-refractivity contribution >= 4 is 71.1 Å². The van der Waals surface area contributed by atoms with Gasteiger partial charge in [-0.25, -0.2) is 0 Å². The number of pyridine rings is 2. The zero-order valence-electron chi connectivity index (χ0n) is 24.9. The Labute approximate surface area is 277 Å². The van der Waals surface area contributed by atoms with E-state index in [0.717, 1.165) is 44.5 Å². The van der Waals surface area contributed by atoms with E-state index in [1.807, 2.05) is 60.9 Å². The van der Waals surface area contributed by atoms with E-state index in [0.29, 0.717) is 0 Å². The van der Waals surface area contributed by atoms with Crippen molar-refractivity contribution in [3.05, 3.63) is 127 Å². The molecule has 0 unspecified atom stereocenters. The first kappa shape index (κ1) is 30.4. The third kappa shape index (κ3) is 5.78. The summed E-state index contributed by atoms with van der Waals surface area (Å²) >= 11 is 0.0900. The minimum absolute atomic E-state index is 0. The summed E-state index contributed by atoms with van der Waals surface area (Å²) in [6, 6.07) is 39.7. The SMILES string of the molecule is Cc1c[c-]c(-c2cc3oc4ccccc4c3cn2)c2sc3ccccc3c12.[CH3][Ge]([CH3])([CH3])[c]1ccc(-c2[c-]cccc2)nc1.[Ir]. The summed E-state index contributed by atoms with van der Waals surface area (Å²) in [6.07, 6.45) is 3.96. The number of furan rings is 1. The largest absolute Gasteiger partial charge is 0 e. The first-order valence-electron chi connectivity index (χ1n) is 14.4. The molecule has 0 aliphatic carbocycles. The molecule has 4 aromatic carbocycles. The Hall–Kier alpha value is -3.61. The molecule has 8 aromatic rings. The predicted octanol–water partition coefficient (Wildman–Crippen LogP) is 10.2. The van der Waals surface area contributed by atoms with E-state index in [1.165, 1.54) is 30.1 Å². The van der Waals surface area contributed by atoms with Gasteiger partial charge in [-0.05, 0) is 34.0 Å². The number of rotatable bonds is 3. The Morgan fingerprint density at radius 3 is 2.23 bits per heavy atom. The van der Waals surface area contributed by atoms with Gasteiger partial charge in [0.15, 0.2) is 0 Å². The fraction of sp³-hybridized carbons (Fsp3) is 0.105. The van der Waals surface area contributed by atoms with Crippen LogP contribution < -0.4 is 4.40 Å². The average Bonchev–Trinajstić information content (AvgIpc) is 3.61. The average molecular weight is 828 g/mol. The molecule has 0 aliphatic heterocycles. The number of thiophene rings is 1. The monoisotopic (exact) mass is 829 g/mol.